The van der Waals surface area contributed by atoms with E-state index >= 15 is 0 Å². The van der Waals surface area contributed by atoms with Crippen LogP contribution in [0.5, 0.6) is 0 Å². The first-order valence-electron chi connectivity index (χ1n) is 7.65. The van der Waals surface area contributed by atoms with Gasteiger partial charge in [-0.1, -0.05) is 13.3 Å². The van der Waals surface area contributed by atoms with Gasteiger partial charge >= 0.3 is 0 Å². The molecule has 1 fully saturated rings. The van der Waals surface area contributed by atoms with Gasteiger partial charge in [-0.3, -0.25) is 4.79 Å². The fourth-order valence-electron chi connectivity index (χ4n) is 3.24. The fraction of sp³-hybridized carbons (Fsp3) is 0.800. The number of carbonyl (C=O) groups excluding carboxylic acids is 1. The number of hydrogen-bond donors (Lipinski definition) is 0. The van der Waals surface area contributed by atoms with Crippen LogP contribution in [0.15, 0.2) is 6.33 Å². The van der Waals surface area contributed by atoms with Gasteiger partial charge in [0.2, 0.25) is 0 Å². The van der Waals surface area contributed by atoms with E-state index in [9.17, 15) is 4.79 Å². The summed E-state index contributed by atoms with van der Waals surface area (Å²) in [6, 6.07) is 0. The highest BCUT2D eigenvalue weighted by Crippen LogP contribution is 2.36. The van der Waals surface area contributed by atoms with Crippen molar-refractivity contribution in [2.75, 3.05) is 6.61 Å². The van der Waals surface area contributed by atoms with Gasteiger partial charge in [0, 0.05) is 13.2 Å². The molecule has 1 aliphatic carbocycles. The monoisotopic (exact) mass is 279 g/mol. The molecule has 0 spiro atoms. The van der Waals surface area contributed by atoms with Crippen molar-refractivity contribution >= 4 is 5.78 Å². The van der Waals surface area contributed by atoms with E-state index in [4.69, 9.17) is 4.74 Å². The number of nitrogens with zero attached hydrogens (tertiary/aromatic N) is 3. The molecule has 20 heavy (non-hydrogen) atoms. The van der Waals surface area contributed by atoms with Crippen molar-refractivity contribution < 1.29 is 9.53 Å². The molecular weight excluding hydrogens is 254 g/mol. The molecule has 0 N–H and O–H groups in total. The first-order valence-corrected chi connectivity index (χ1v) is 7.65. The SMILES string of the molecule is CCOC1(C(=O)Cc2ncnn2CC)CCCC(C)C1. The smallest absolute Gasteiger partial charge is 0.172 e. The van der Waals surface area contributed by atoms with Crippen LogP contribution in [0.25, 0.3) is 0 Å². The summed E-state index contributed by atoms with van der Waals surface area (Å²) >= 11 is 0. The molecule has 0 aliphatic heterocycles. The Morgan fingerprint density at radius 1 is 1.55 bits per heavy atom. The van der Waals surface area contributed by atoms with Crippen molar-refractivity contribution in [3.63, 3.8) is 0 Å². The molecule has 2 atom stereocenters. The number of hydrogen-bond acceptors (Lipinski definition) is 4. The van der Waals surface area contributed by atoms with Gasteiger partial charge in [-0.15, -0.1) is 0 Å². The Morgan fingerprint density at radius 2 is 2.35 bits per heavy atom. The normalized spacial score (nSPS) is 26.6. The van der Waals surface area contributed by atoms with Gasteiger partial charge in [0.1, 0.15) is 17.8 Å². The summed E-state index contributed by atoms with van der Waals surface area (Å²) in [5, 5.41) is 4.13. The van der Waals surface area contributed by atoms with Gasteiger partial charge in [0.05, 0.1) is 6.42 Å². The van der Waals surface area contributed by atoms with Crippen LogP contribution in [0.2, 0.25) is 0 Å². The van der Waals surface area contributed by atoms with E-state index in [0.717, 1.165) is 31.6 Å². The molecule has 112 valence electrons. The number of ketones is 1. The highest BCUT2D eigenvalue weighted by atomic mass is 16.5. The van der Waals surface area contributed by atoms with E-state index in [1.807, 2.05) is 13.8 Å². The summed E-state index contributed by atoms with van der Waals surface area (Å²) in [4.78, 5) is 17.0. The predicted molar refractivity (Wildman–Crippen MR) is 76.4 cm³/mol. The van der Waals surface area contributed by atoms with Crippen LogP contribution in [-0.2, 0) is 22.5 Å². The maximum atomic E-state index is 12.8. The second-order valence-electron chi connectivity index (χ2n) is 5.72. The van der Waals surface area contributed by atoms with Crippen LogP contribution in [0.4, 0.5) is 0 Å². The minimum absolute atomic E-state index is 0.161. The Kier molecular flexibility index (Phi) is 4.91. The van der Waals surface area contributed by atoms with E-state index in [0.29, 0.717) is 18.9 Å². The van der Waals surface area contributed by atoms with E-state index < -0.39 is 5.60 Å². The average molecular weight is 279 g/mol. The average Bonchev–Trinajstić information content (AvgIpc) is 2.86. The molecule has 0 bridgehead atoms. The molecule has 5 nitrogen and oxygen atoms in total. The molecule has 2 rings (SSSR count). The van der Waals surface area contributed by atoms with E-state index in [1.54, 1.807) is 4.68 Å². The molecule has 0 saturated heterocycles. The first kappa shape index (κ1) is 15.2. The minimum Gasteiger partial charge on any atom is -0.367 e. The van der Waals surface area contributed by atoms with Gasteiger partial charge in [0.15, 0.2) is 5.78 Å². The van der Waals surface area contributed by atoms with Crippen LogP contribution < -0.4 is 0 Å². The van der Waals surface area contributed by atoms with Crippen LogP contribution in [0.3, 0.4) is 0 Å². The van der Waals surface area contributed by atoms with Crippen LogP contribution in [0.1, 0.15) is 52.3 Å². The minimum atomic E-state index is -0.600. The number of Topliss-reactive ketones (excluding diaryl/α,β-unsaturated/α-hetero) is 1. The predicted octanol–water partition coefficient (Wildman–Crippen LogP) is 2.40. The molecular formula is C15H25N3O2. The molecule has 0 aromatic carbocycles. The molecule has 1 aliphatic rings. The highest BCUT2D eigenvalue weighted by Gasteiger charge is 2.42. The summed E-state index contributed by atoms with van der Waals surface area (Å²) in [5.41, 5.74) is -0.600. The fourth-order valence-corrected chi connectivity index (χ4v) is 3.24. The van der Waals surface area contributed by atoms with Crippen molar-refractivity contribution in [1.82, 2.24) is 14.8 Å². The molecule has 1 aromatic rings. The Bertz CT molecular complexity index is 454. The molecule has 0 radical (unpaired) electrons. The number of rotatable bonds is 6. The third-order valence-electron chi connectivity index (χ3n) is 4.20. The number of ether oxygens (including phenoxy) is 1. The zero-order chi connectivity index (χ0) is 14.6. The van der Waals surface area contributed by atoms with Gasteiger partial charge < -0.3 is 4.74 Å². The number of aromatic nitrogens is 3. The first-order chi connectivity index (χ1) is 9.61. The van der Waals surface area contributed by atoms with Crippen LogP contribution >= 0.6 is 0 Å². The van der Waals surface area contributed by atoms with E-state index in [-0.39, 0.29) is 5.78 Å². The van der Waals surface area contributed by atoms with Crippen molar-refractivity contribution in [3.8, 4) is 0 Å². The standard InChI is InChI=1S/C15H25N3O2/c1-4-18-14(16-11-17-18)9-13(19)15(20-5-2)8-6-7-12(3)10-15/h11-12H,4-10H2,1-3H3. The van der Waals surface area contributed by atoms with E-state index in [1.165, 1.54) is 12.7 Å². The molecule has 0 amide bonds. The largest absolute Gasteiger partial charge is 0.367 e. The second-order valence-corrected chi connectivity index (χ2v) is 5.72. The Balaban J connectivity index is 2.15. The van der Waals surface area contributed by atoms with Gasteiger partial charge in [-0.25, -0.2) is 9.67 Å². The zero-order valence-corrected chi connectivity index (χ0v) is 12.8. The number of aryl methyl sites for hydroxylation is 1. The molecule has 1 aromatic heterocycles. The van der Waals surface area contributed by atoms with Crippen molar-refractivity contribution in [1.29, 1.82) is 0 Å². The Morgan fingerprint density at radius 3 is 3.00 bits per heavy atom. The Hall–Kier alpha value is -1.23. The molecule has 1 heterocycles. The molecule has 1 saturated carbocycles. The quantitative estimate of drug-likeness (QED) is 0.802. The lowest BCUT2D eigenvalue weighted by molar-refractivity contribution is -0.150. The maximum absolute atomic E-state index is 12.8. The third-order valence-corrected chi connectivity index (χ3v) is 4.20. The van der Waals surface area contributed by atoms with Crippen LogP contribution in [-0.4, -0.2) is 32.8 Å². The van der Waals surface area contributed by atoms with Crippen molar-refractivity contribution in [2.45, 2.75) is 65.0 Å². The lowest BCUT2D eigenvalue weighted by atomic mass is 9.75. The topological polar surface area (TPSA) is 57.0 Å². The van der Waals surface area contributed by atoms with Crippen LogP contribution in [0, 0.1) is 5.92 Å². The molecule has 2 unspecified atom stereocenters. The molecule has 5 heteroatoms. The maximum Gasteiger partial charge on any atom is 0.172 e. The van der Waals surface area contributed by atoms with Gasteiger partial charge in [0.25, 0.3) is 0 Å². The van der Waals surface area contributed by atoms with Crippen molar-refractivity contribution in [3.05, 3.63) is 12.2 Å². The third kappa shape index (κ3) is 3.08. The van der Waals surface area contributed by atoms with E-state index in [2.05, 4.69) is 17.0 Å². The lowest BCUT2D eigenvalue weighted by Gasteiger charge is -2.38. The Labute approximate surface area is 120 Å². The zero-order valence-electron chi connectivity index (χ0n) is 12.8. The summed E-state index contributed by atoms with van der Waals surface area (Å²) < 4.78 is 7.70. The number of carbonyl (C=O) groups is 1. The summed E-state index contributed by atoms with van der Waals surface area (Å²) in [7, 11) is 0. The summed E-state index contributed by atoms with van der Waals surface area (Å²) in [6.07, 6.45) is 5.76. The van der Waals surface area contributed by atoms with Gasteiger partial charge in [-0.2, -0.15) is 5.10 Å². The summed E-state index contributed by atoms with van der Waals surface area (Å²) in [5.74, 6) is 1.45. The van der Waals surface area contributed by atoms with Crippen molar-refractivity contribution in [2.24, 2.45) is 5.92 Å². The highest BCUT2D eigenvalue weighted by molar-refractivity contribution is 5.88. The summed E-state index contributed by atoms with van der Waals surface area (Å²) in [6.45, 7) is 7.49. The second kappa shape index (κ2) is 6.48. The van der Waals surface area contributed by atoms with Gasteiger partial charge in [-0.05, 0) is 39.0 Å². The lowest BCUT2D eigenvalue weighted by Crippen LogP contribution is -2.46.